The third-order valence-electron chi connectivity index (χ3n) is 10.3. The van der Waals surface area contributed by atoms with Crippen LogP contribution < -0.4 is 9.30 Å². The van der Waals surface area contributed by atoms with Crippen molar-refractivity contribution in [3.8, 4) is 34.5 Å². The van der Waals surface area contributed by atoms with E-state index in [4.69, 9.17) is 9.72 Å². The highest BCUT2D eigenvalue weighted by atomic mass is 16.5. The molecule has 0 spiro atoms. The first-order chi connectivity index (χ1) is 26.8. The van der Waals surface area contributed by atoms with Crippen LogP contribution in [0.5, 0.6) is 11.5 Å². The molecule has 0 aliphatic heterocycles. The van der Waals surface area contributed by atoms with Gasteiger partial charge >= 0.3 is 0 Å². The van der Waals surface area contributed by atoms with Crippen molar-refractivity contribution in [1.29, 1.82) is 0 Å². The van der Waals surface area contributed by atoms with E-state index in [0.29, 0.717) is 0 Å². The molecule has 11 aromatic rings. The smallest absolute Gasteiger partial charge is 0.269 e. The van der Waals surface area contributed by atoms with E-state index < -0.39 is 0 Å². The molecule has 6 heteroatoms. The highest BCUT2D eigenvalue weighted by molar-refractivity contribution is 6.10. The quantitative estimate of drug-likeness (QED) is 0.128. The fourth-order valence-corrected chi connectivity index (χ4v) is 7.93. The molecule has 254 valence electrons. The minimum absolute atomic E-state index is 0.735. The number of hydrogen-bond acceptors (Lipinski definition) is 2. The van der Waals surface area contributed by atoms with Gasteiger partial charge in [-0.15, -0.1) is 0 Å². The van der Waals surface area contributed by atoms with E-state index in [2.05, 4.69) is 176 Å². The van der Waals surface area contributed by atoms with E-state index >= 15 is 0 Å². The van der Waals surface area contributed by atoms with E-state index in [1.54, 1.807) is 0 Å². The van der Waals surface area contributed by atoms with Gasteiger partial charge in [0.25, 0.3) is 6.33 Å². The zero-order valence-corrected chi connectivity index (χ0v) is 29.0. The Bertz CT molecular complexity index is 3150. The van der Waals surface area contributed by atoms with Gasteiger partial charge < -0.3 is 4.74 Å². The van der Waals surface area contributed by atoms with Crippen molar-refractivity contribution in [1.82, 2.24) is 18.7 Å². The monoisotopic (exact) mass is 693 g/mol. The molecule has 6 nitrogen and oxygen atoms in total. The molecule has 0 fully saturated rings. The summed E-state index contributed by atoms with van der Waals surface area (Å²) < 4.78 is 15.3. The van der Waals surface area contributed by atoms with E-state index in [9.17, 15) is 0 Å². The Kier molecular flexibility index (Phi) is 6.75. The second-order valence-electron chi connectivity index (χ2n) is 13.4. The summed E-state index contributed by atoms with van der Waals surface area (Å²) in [7, 11) is 0. The van der Waals surface area contributed by atoms with Crippen LogP contribution in [0.2, 0.25) is 0 Å². The zero-order valence-electron chi connectivity index (χ0n) is 29.0. The van der Waals surface area contributed by atoms with Crippen LogP contribution in [-0.2, 0) is 0 Å². The van der Waals surface area contributed by atoms with E-state index in [-0.39, 0.29) is 0 Å². The lowest BCUT2D eigenvalue weighted by molar-refractivity contribution is -0.572. The van der Waals surface area contributed by atoms with Crippen molar-refractivity contribution in [3.05, 3.63) is 194 Å². The van der Waals surface area contributed by atoms with Crippen LogP contribution >= 0.6 is 0 Å². The lowest BCUT2D eigenvalue weighted by Crippen LogP contribution is -2.29. The fraction of sp³-hybridized carbons (Fsp3) is 0. The average molecular weight is 694 g/mol. The molecule has 54 heavy (non-hydrogen) atoms. The molecule has 0 saturated carbocycles. The first kappa shape index (κ1) is 30.2. The van der Waals surface area contributed by atoms with Crippen molar-refractivity contribution in [2.75, 3.05) is 0 Å². The first-order valence-electron chi connectivity index (χ1n) is 18.1. The maximum Gasteiger partial charge on any atom is 0.269 e. The topological polar surface area (TPSA) is 40.8 Å². The second kappa shape index (κ2) is 12.1. The Morgan fingerprint density at radius 3 is 1.65 bits per heavy atom. The van der Waals surface area contributed by atoms with E-state index in [0.717, 1.165) is 78.4 Å². The van der Waals surface area contributed by atoms with Gasteiger partial charge in [-0.3, -0.25) is 18.3 Å². The lowest BCUT2D eigenvalue weighted by atomic mass is 10.1. The number of hydrogen-bond donors (Lipinski definition) is 0. The molecule has 0 aliphatic carbocycles. The Morgan fingerprint density at radius 1 is 0.426 bits per heavy atom. The molecule has 0 amide bonds. The predicted octanol–water partition coefficient (Wildman–Crippen LogP) is 11.1. The van der Waals surface area contributed by atoms with Gasteiger partial charge in [-0.1, -0.05) is 109 Å². The van der Waals surface area contributed by atoms with Crippen molar-refractivity contribution < 1.29 is 9.30 Å². The molecule has 0 atom stereocenters. The predicted molar refractivity (Wildman–Crippen MR) is 217 cm³/mol. The van der Waals surface area contributed by atoms with Gasteiger partial charge in [0.15, 0.2) is 0 Å². The highest BCUT2D eigenvalue weighted by Crippen LogP contribution is 2.36. The van der Waals surface area contributed by atoms with Gasteiger partial charge in [-0.05, 0) is 72.8 Å². The van der Waals surface area contributed by atoms with Crippen molar-refractivity contribution >= 4 is 54.6 Å². The number of pyridine rings is 1. The maximum atomic E-state index is 6.65. The normalized spacial score (nSPS) is 11.7. The summed E-state index contributed by atoms with van der Waals surface area (Å²) in [5, 5.41) is 4.71. The Labute approximate surface area is 310 Å². The fourth-order valence-electron chi connectivity index (χ4n) is 7.93. The summed E-state index contributed by atoms with van der Waals surface area (Å²) in [4.78, 5) is 5.34. The number of nitrogens with zero attached hydrogens (tertiary/aromatic N) is 5. The molecule has 0 aliphatic rings. The van der Waals surface area contributed by atoms with Gasteiger partial charge in [0, 0.05) is 27.6 Å². The number of fused-ring (bicyclic) bond motifs is 7. The number of aromatic nitrogens is 5. The molecule has 0 radical (unpaired) electrons. The molecular weight excluding hydrogens is 663 g/mol. The third-order valence-corrected chi connectivity index (χ3v) is 10.3. The number of para-hydroxylation sites is 6. The summed E-state index contributed by atoms with van der Waals surface area (Å²) in [6.45, 7) is 0. The SMILES string of the molecule is [c-]1n(-c2cccc(Oc3ccc4c5ccccc5n(-c5cccc(-n6c7ccccc7c7ccccc76)n5)c4c3)c2)c2ccccc2[n+]1-c1ccccc1. The standard InChI is InChI=1S/C48H31N5O/c1-2-14-33(15-3-1)50-32-51(45-25-11-10-24-44(45)50)34-16-12-17-35(30-34)54-36-28-29-40-39-20-6-9-23-43(39)53(46(40)31-36)48-27-13-26-47(49-48)52-41-21-7-4-18-37(41)38-19-5-8-22-42(38)52/h1-31H. The minimum Gasteiger partial charge on any atom is -0.458 e. The van der Waals surface area contributed by atoms with Crippen LogP contribution in [0.4, 0.5) is 0 Å². The van der Waals surface area contributed by atoms with Crippen LogP contribution in [0.15, 0.2) is 188 Å². The average Bonchev–Trinajstić information content (AvgIpc) is 3.89. The minimum atomic E-state index is 0.735. The molecular formula is C48H31N5O. The number of imidazole rings is 1. The van der Waals surface area contributed by atoms with Crippen LogP contribution in [0, 0.1) is 6.33 Å². The second-order valence-corrected chi connectivity index (χ2v) is 13.4. The molecule has 7 aromatic carbocycles. The number of benzene rings is 7. The molecule has 0 saturated heterocycles. The largest absolute Gasteiger partial charge is 0.458 e. The van der Waals surface area contributed by atoms with Crippen molar-refractivity contribution in [2.24, 2.45) is 0 Å². The summed E-state index contributed by atoms with van der Waals surface area (Å²) >= 11 is 0. The first-order valence-corrected chi connectivity index (χ1v) is 18.1. The van der Waals surface area contributed by atoms with E-state index in [1.807, 2.05) is 36.4 Å². The maximum absolute atomic E-state index is 6.65. The Balaban J connectivity index is 1.02. The number of ether oxygens (including phenoxy) is 1. The van der Waals surface area contributed by atoms with Crippen molar-refractivity contribution in [2.45, 2.75) is 0 Å². The summed E-state index contributed by atoms with van der Waals surface area (Å²) in [6.07, 6.45) is 3.58. The molecule has 0 bridgehead atoms. The number of rotatable bonds is 6. The van der Waals surface area contributed by atoms with Crippen LogP contribution in [0.3, 0.4) is 0 Å². The third kappa shape index (κ3) is 4.74. The van der Waals surface area contributed by atoms with Gasteiger partial charge in [-0.2, -0.15) is 0 Å². The van der Waals surface area contributed by atoms with Gasteiger partial charge in [0.05, 0.1) is 44.5 Å². The molecule has 11 rings (SSSR count). The van der Waals surface area contributed by atoms with Crippen LogP contribution in [-0.4, -0.2) is 18.7 Å². The Hall–Kier alpha value is -7.44. The molecule has 0 unspecified atom stereocenters. The highest BCUT2D eigenvalue weighted by Gasteiger charge is 2.18. The summed E-state index contributed by atoms with van der Waals surface area (Å²) in [5.74, 6) is 3.17. The molecule has 0 N–H and O–H groups in total. The summed E-state index contributed by atoms with van der Waals surface area (Å²) in [5.41, 5.74) is 8.50. The van der Waals surface area contributed by atoms with Gasteiger partial charge in [0.2, 0.25) is 0 Å². The zero-order chi connectivity index (χ0) is 35.6. The molecule has 4 aromatic heterocycles. The van der Waals surface area contributed by atoms with Crippen LogP contribution in [0.25, 0.3) is 77.7 Å². The van der Waals surface area contributed by atoms with Crippen molar-refractivity contribution in [3.63, 3.8) is 0 Å². The summed E-state index contributed by atoms with van der Waals surface area (Å²) in [6, 6.07) is 65.0. The lowest BCUT2D eigenvalue weighted by Gasteiger charge is -2.12. The van der Waals surface area contributed by atoms with Crippen LogP contribution in [0.1, 0.15) is 0 Å². The Morgan fingerprint density at radius 2 is 0.963 bits per heavy atom. The van der Waals surface area contributed by atoms with Gasteiger partial charge in [-0.25, -0.2) is 4.98 Å². The van der Waals surface area contributed by atoms with Gasteiger partial charge in [0.1, 0.15) is 23.1 Å². The van der Waals surface area contributed by atoms with E-state index in [1.165, 1.54) is 10.8 Å². The molecule has 4 heterocycles.